The van der Waals surface area contributed by atoms with Crippen LogP contribution >= 0.6 is 46.2 Å². The van der Waals surface area contributed by atoms with E-state index < -0.39 is 11.2 Å². The van der Waals surface area contributed by atoms with E-state index in [-0.39, 0.29) is 44.9 Å². The average molecular weight is 815 g/mol. The third kappa shape index (κ3) is 5.84. The molecule has 0 spiro atoms. The van der Waals surface area contributed by atoms with Crippen molar-refractivity contribution in [3.05, 3.63) is 90.0 Å². The standard InChI is InChI=1S/C40H30N8O4S4/c1-7-47-35(49)33(55-37(47)21(15-41)16-42)45-29-13-25-31(53-29)23-9-19-12-28-24(10-20(19)11-27(23)51-39(25,3)4)32-26(40(5,6)52-28)14-30(54-32)46-34-36(50)48(8-2)38(56-34)22(17-43)18-44/h9-14,19-20H,7-8H2,1-6H3. The molecule has 6 heterocycles. The lowest BCUT2D eigenvalue weighted by atomic mass is 9.76. The Labute approximate surface area is 339 Å². The van der Waals surface area contributed by atoms with Crippen LogP contribution in [-0.2, 0) is 30.3 Å². The molecule has 12 nitrogen and oxygen atoms in total. The molecule has 0 radical (unpaired) electrons. The van der Waals surface area contributed by atoms with Crippen LogP contribution in [0.2, 0.25) is 0 Å². The summed E-state index contributed by atoms with van der Waals surface area (Å²) in [6.45, 7) is 12.2. The molecule has 4 aliphatic heterocycles. The Morgan fingerprint density at radius 1 is 0.679 bits per heavy atom. The fraction of sp³-hybridized carbons (Fsp3) is 0.300. The number of ether oxygens (including phenoxy) is 2. The summed E-state index contributed by atoms with van der Waals surface area (Å²) < 4.78 is 13.3. The third-order valence-electron chi connectivity index (χ3n) is 10.0. The van der Waals surface area contributed by atoms with Gasteiger partial charge < -0.3 is 9.47 Å². The Kier molecular flexibility index (Phi) is 9.02. The summed E-state index contributed by atoms with van der Waals surface area (Å²) in [6.07, 6.45) is 8.69. The fourth-order valence-corrected chi connectivity index (χ4v) is 11.9. The predicted molar refractivity (Wildman–Crippen MR) is 217 cm³/mol. The maximum absolute atomic E-state index is 13.3. The van der Waals surface area contributed by atoms with Crippen LogP contribution in [0.4, 0.5) is 10.0 Å². The summed E-state index contributed by atoms with van der Waals surface area (Å²) in [5, 5.41) is 40.1. The van der Waals surface area contributed by atoms with Crippen molar-refractivity contribution in [1.82, 2.24) is 9.80 Å². The molecule has 6 aliphatic rings. The number of carbonyl (C=O) groups excluding carboxylic acids is 2. The molecule has 2 aromatic heterocycles. The van der Waals surface area contributed by atoms with Gasteiger partial charge in [0.15, 0.2) is 21.2 Å². The quantitative estimate of drug-likeness (QED) is 0.271. The Morgan fingerprint density at radius 2 is 1.05 bits per heavy atom. The van der Waals surface area contributed by atoms with Gasteiger partial charge in [-0.3, -0.25) is 19.4 Å². The zero-order valence-electron chi connectivity index (χ0n) is 30.9. The third-order valence-corrected chi connectivity index (χ3v) is 14.3. The number of hydrogen-bond donors (Lipinski definition) is 0. The lowest BCUT2D eigenvalue weighted by Gasteiger charge is -2.40. The number of fused-ring (bicyclic) bond motifs is 7. The first kappa shape index (κ1) is 37.3. The number of nitrogens with zero attached hydrogens (tertiary/aromatic N) is 8. The lowest BCUT2D eigenvalue weighted by molar-refractivity contribution is -0.121. The van der Waals surface area contributed by atoms with E-state index in [1.54, 1.807) is 13.8 Å². The Hall–Kier alpha value is -5.62. The minimum absolute atomic E-state index is 0.0422. The zero-order chi connectivity index (χ0) is 39.8. The van der Waals surface area contributed by atoms with Gasteiger partial charge in [0.1, 0.15) is 67.1 Å². The van der Waals surface area contributed by atoms with E-state index in [1.165, 1.54) is 32.5 Å². The summed E-state index contributed by atoms with van der Waals surface area (Å²) >= 11 is 5.02. The summed E-state index contributed by atoms with van der Waals surface area (Å²) in [5.74, 6) is 0.737. The van der Waals surface area contributed by atoms with Crippen molar-refractivity contribution in [1.29, 1.82) is 21.0 Å². The monoisotopic (exact) mass is 814 g/mol. The molecule has 2 atom stereocenters. The number of hydrogen-bond acceptors (Lipinski definition) is 14. The Balaban J connectivity index is 1.13. The number of aliphatic imine (C=N–C) groups is 2. The molecule has 2 fully saturated rings. The zero-order valence-corrected chi connectivity index (χ0v) is 34.1. The molecule has 278 valence electrons. The van der Waals surface area contributed by atoms with Crippen molar-refractivity contribution in [2.24, 2.45) is 21.8 Å². The largest absolute Gasteiger partial charge is 0.483 e. The number of rotatable bonds is 4. The van der Waals surface area contributed by atoms with Crippen LogP contribution in [0.3, 0.4) is 0 Å². The summed E-state index contributed by atoms with van der Waals surface area (Å²) in [6, 6.07) is 11.4. The van der Waals surface area contributed by atoms with Gasteiger partial charge in [-0.1, -0.05) is 12.2 Å². The van der Waals surface area contributed by atoms with Crippen LogP contribution in [0, 0.1) is 57.2 Å². The van der Waals surface area contributed by atoms with Gasteiger partial charge in [0, 0.05) is 57.0 Å². The van der Waals surface area contributed by atoms with Crippen molar-refractivity contribution in [3.63, 3.8) is 0 Å². The molecule has 0 aromatic carbocycles. The van der Waals surface area contributed by atoms with Crippen LogP contribution in [0.1, 0.15) is 62.4 Å². The van der Waals surface area contributed by atoms with Gasteiger partial charge in [-0.25, -0.2) is 9.98 Å². The minimum Gasteiger partial charge on any atom is -0.483 e. The number of carbonyl (C=O) groups is 2. The molecule has 2 aliphatic carbocycles. The number of amides is 2. The molecule has 2 amide bonds. The summed E-state index contributed by atoms with van der Waals surface area (Å²) in [5.41, 5.74) is 2.14. The van der Waals surface area contributed by atoms with Crippen LogP contribution in [0.5, 0.6) is 0 Å². The normalized spacial score (nSPS) is 23.8. The molecule has 16 heteroatoms. The summed E-state index contributed by atoms with van der Waals surface area (Å²) in [4.78, 5) is 40.8. The smallest absolute Gasteiger partial charge is 0.284 e. The molecular formula is C40H30N8O4S4. The van der Waals surface area contributed by atoms with E-state index in [0.717, 1.165) is 67.1 Å². The number of allylic oxidation sites excluding steroid dienone is 8. The highest BCUT2D eigenvalue weighted by atomic mass is 32.2. The van der Waals surface area contributed by atoms with E-state index in [2.05, 4.69) is 24.3 Å². The van der Waals surface area contributed by atoms with Crippen LogP contribution in [0.15, 0.2) is 79.1 Å². The second-order valence-corrected chi connectivity index (χ2v) is 18.2. The summed E-state index contributed by atoms with van der Waals surface area (Å²) in [7, 11) is 0. The van der Waals surface area contributed by atoms with E-state index in [9.17, 15) is 30.6 Å². The van der Waals surface area contributed by atoms with Gasteiger partial charge in [0.2, 0.25) is 0 Å². The van der Waals surface area contributed by atoms with Gasteiger partial charge in [-0.15, -0.1) is 22.7 Å². The van der Waals surface area contributed by atoms with Gasteiger partial charge in [0.05, 0.1) is 0 Å². The molecule has 56 heavy (non-hydrogen) atoms. The lowest BCUT2D eigenvalue weighted by Crippen LogP contribution is -2.31. The Morgan fingerprint density at radius 3 is 1.39 bits per heavy atom. The maximum Gasteiger partial charge on any atom is 0.284 e. The molecule has 0 N–H and O–H groups in total. The van der Waals surface area contributed by atoms with E-state index in [4.69, 9.17) is 19.5 Å². The van der Waals surface area contributed by atoms with Crippen LogP contribution in [0.25, 0.3) is 11.1 Å². The van der Waals surface area contributed by atoms with E-state index in [1.807, 2.05) is 64.1 Å². The Bertz CT molecular complexity index is 2420. The number of nitriles is 4. The molecule has 0 bridgehead atoms. The molecular weight excluding hydrogens is 785 g/mol. The first-order valence-corrected chi connectivity index (χ1v) is 20.8. The maximum atomic E-state index is 13.3. The molecule has 2 aromatic rings. The molecule has 0 saturated carbocycles. The first-order valence-electron chi connectivity index (χ1n) is 17.6. The van der Waals surface area contributed by atoms with Gasteiger partial charge in [-0.2, -0.15) is 21.0 Å². The highest BCUT2D eigenvalue weighted by molar-refractivity contribution is 8.20. The number of thiophene rings is 2. The van der Waals surface area contributed by atoms with Gasteiger partial charge in [0.25, 0.3) is 11.8 Å². The number of thioether (sulfide) groups is 2. The second kappa shape index (κ2) is 13.5. The molecule has 2 unspecified atom stereocenters. The average Bonchev–Trinajstić information content (AvgIpc) is 3.93. The second-order valence-electron chi connectivity index (χ2n) is 14.2. The van der Waals surface area contributed by atoms with Crippen LogP contribution in [-0.4, -0.2) is 44.8 Å². The topological polar surface area (TPSA) is 179 Å². The van der Waals surface area contributed by atoms with Crippen molar-refractivity contribution in [3.8, 4) is 24.3 Å². The SMILES string of the molecule is CCN1C(=O)C(=Nc2cc3c(s2)C2=CC4C=C5OC(C)(C)c6cc(N=C7SC(=C(C#N)C#N)N(CC)C7=O)sc6C5=CC4C=C2OC3(C)C)SC1=C(C#N)C#N. The van der Waals surface area contributed by atoms with Crippen molar-refractivity contribution in [2.45, 2.75) is 52.7 Å². The van der Waals surface area contributed by atoms with Gasteiger partial charge in [-0.05, 0) is 89.4 Å². The van der Waals surface area contributed by atoms with Crippen molar-refractivity contribution < 1.29 is 19.1 Å². The van der Waals surface area contributed by atoms with Crippen LogP contribution < -0.4 is 0 Å². The molecule has 8 rings (SSSR count). The first-order chi connectivity index (χ1) is 26.7. The van der Waals surface area contributed by atoms with Crippen molar-refractivity contribution >= 4 is 89.2 Å². The van der Waals surface area contributed by atoms with Crippen molar-refractivity contribution in [2.75, 3.05) is 13.1 Å². The van der Waals surface area contributed by atoms with Gasteiger partial charge >= 0.3 is 0 Å². The predicted octanol–water partition coefficient (Wildman–Crippen LogP) is 8.60. The highest BCUT2D eigenvalue weighted by Gasteiger charge is 2.44. The minimum atomic E-state index is -0.697. The van der Waals surface area contributed by atoms with E-state index in [0.29, 0.717) is 33.1 Å². The highest BCUT2D eigenvalue weighted by Crippen LogP contribution is 2.56. The fourth-order valence-electron chi connectivity index (χ4n) is 7.32. The van der Waals surface area contributed by atoms with E-state index >= 15 is 0 Å². The molecule has 2 saturated heterocycles.